The molecule has 4 nitrogen and oxygen atoms in total. The van der Waals surface area contributed by atoms with Crippen LogP contribution < -0.4 is 10.6 Å². The second-order valence-corrected chi connectivity index (χ2v) is 4.00. The minimum Gasteiger partial charge on any atom is -0.377 e. The molecule has 2 N–H and O–H groups in total. The van der Waals surface area contributed by atoms with Crippen molar-refractivity contribution in [3.05, 3.63) is 48.0 Å². The van der Waals surface area contributed by atoms with Crippen LogP contribution in [0.15, 0.2) is 41.9 Å². The Hall–Kier alpha value is -1.81. The van der Waals surface area contributed by atoms with Gasteiger partial charge in [-0.1, -0.05) is 30.3 Å². The lowest BCUT2D eigenvalue weighted by Gasteiger charge is -2.13. The average Bonchev–Trinajstić information content (AvgIpc) is 2.46. The van der Waals surface area contributed by atoms with Crippen molar-refractivity contribution < 1.29 is 4.74 Å². The number of nitrogens with zero attached hydrogens (tertiary/aromatic N) is 1. The maximum Gasteiger partial charge on any atom is 0.191 e. The zero-order valence-corrected chi connectivity index (χ0v) is 11.8. The molecule has 104 valence electrons. The molecule has 4 heteroatoms. The van der Waals surface area contributed by atoms with Crippen molar-refractivity contribution in [2.45, 2.75) is 20.1 Å². The summed E-state index contributed by atoms with van der Waals surface area (Å²) < 4.78 is 5.47. The molecule has 0 unspecified atom stereocenters. The van der Waals surface area contributed by atoms with Gasteiger partial charge < -0.3 is 15.4 Å². The van der Waals surface area contributed by atoms with Crippen molar-refractivity contribution in [3.63, 3.8) is 0 Å². The quantitative estimate of drug-likeness (QED) is 0.449. The van der Waals surface area contributed by atoms with Crippen molar-refractivity contribution in [2.24, 2.45) is 4.99 Å². The molecule has 0 fully saturated rings. The molecule has 0 radical (unpaired) electrons. The van der Waals surface area contributed by atoms with Gasteiger partial charge in [0.1, 0.15) is 0 Å². The number of benzene rings is 1. The fraction of sp³-hybridized carbons (Fsp3) is 0.400. The number of hydrogen-bond acceptors (Lipinski definition) is 2. The average molecular weight is 261 g/mol. The molecular formula is C15H23N3O. The van der Waals surface area contributed by atoms with E-state index in [9.17, 15) is 0 Å². The summed E-state index contributed by atoms with van der Waals surface area (Å²) in [6, 6.07) is 8.25. The summed E-state index contributed by atoms with van der Waals surface area (Å²) in [4.78, 5) is 4.15. The van der Waals surface area contributed by atoms with Crippen LogP contribution in [0.2, 0.25) is 0 Å². The molecule has 0 atom stereocenters. The molecular weight excluding hydrogens is 238 g/mol. The van der Waals surface area contributed by atoms with Crippen LogP contribution >= 0.6 is 0 Å². The summed E-state index contributed by atoms with van der Waals surface area (Å²) in [5, 5.41) is 6.41. The van der Waals surface area contributed by atoms with Gasteiger partial charge in [-0.25, -0.2) is 0 Å². The Bertz CT molecular complexity index is 416. The zero-order valence-electron chi connectivity index (χ0n) is 11.8. The maximum atomic E-state index is 5.47. The highest BCUT2D eigenvalue weighted by molar-refractivity contribution is 5.79. The third kappa shape index (κ3) is 5.57. The summed E-state index contributed by atoms with van der Waals surface area (Å²) in [7, 11) is 1.75. The molecule has 1 aromatic carbocycles. The first-order valence-electron chi connectivity index (χ1n) is 6.51. The normalized spacial score (nSPS) is 11.2. The Labute approximate surface area is 115 Å². The minimum absolute atomic E-state index is 0.646. The predicted molar refractivity (Wildman–Crippen MR) is 80.2 cm³/mol. The van der Waals surface area contributed by atoms with Crippen LogP contribution in [0.3, 0.4) is 0 Å². The number of hydrogen-bond donors (Lipinski definition) is 2. The first kappa shape index (κ1) is 15.2. The van der Waals surface area contributed by atoms with E-state index in [-0.39, 0.29) is 0 Å². The van der Waals surface area contributed by atoms with E-state index in [4.69, 9.17) is 4.74 Å². The van der Waals surface area contributed by atoms with Crippen molar-refractivity contribution in [3.8, 4) is 0 Å². The lowest BCUT2D eigenvalue weighted by molar-refractivity contribution is 0.133. The maximum absolute atomic E-state index is 5.47. The molecule has 1 aromatic rings. The van der Waals surface area contributed by atoms with Crippen LogP contribution in [-0.4, -0.2) is 26.2 Å². The monoisotopic (exact) mass is 261 g/mol. The molecule has 0 bridgehead atoms. The number of guanidine groups is 1. The third-order valence-corrected chi connectivity index (χ3v) is 2.66. The van der Waals surface area contributed by atoms with Gasteiger partial charge in [0.2, 0.25) is 0 Å². The first-order valence-corrected chi connectivity index (χ1v) is 6.51. The summed E-state index contributed by atoms with van der Waals surface area (Å²) in [6.45, 7) is 8.46. The molecule has 0 aliphatic heterocycles. The summed E-state index contributed by atoms with van der Waals surface area (Å²) in [6.07, 6.45) is 1.80. The topological polar surface area (TPSA) is 45.7 Å². The fourth-order valence-corrected chi connectivity index (χ4v) is 1.65. The molecule has 0 aromatic heterocycles. The van der Waals surface area contributed by atoms with Crippen molar-refractivity contribution in [1.82, 2.24) is 10.6 Å². The van der Waals surface area contributed by atoms with Crippen LogP contribution in [0.1, 0.15) is 18.1 Å². The molecule has 1 rings (SSSR count). The van der Waals surface area contributed by atoms with E-state index in [1.54, 1.807) is 13.1 Å². The highest BCUT2D eigenvalue weighted by Gasteiger charge is 2.02. The molecule has 0 spiro atoms. The van der Waals surface area contributed by atoms with Crippen molar-refractivity contribution in [2.75, 3.05) is 20.2 Å². The zero-order chi connectivity index (χ0) is 13.9. The molecule has 0 aliphatic carbocycles. The second kappa shape index (κ2) is 9.16. The van der Waals surface area contributed by atoms with Crippen LogP contribution in [0.25, 0.3) is 0 Å². The van der Waals surface area contributed by atoms with Gasteiger partial charge >= 0.3 is 0 Å². The van der Waals surface area contributed by atoms with E-state index in [0.717, 1.165) is 19.1 Å². The third-order valence-electron chi connectivity index (χ3n) is 2.66. The van der Waals surface area contributed by atoms with Gasteiger partial charge in [0.05, 0.1) is 6.61 Å². The van der Waals surface area contributed by atoms with Gasteiger partial charge in [0, 0.05) is 26.7 Å². The van der Waals surface area contributed by atoms with Gasteiger partial charge in [-0.05, 0) is 18.1 Å². The van der Waals surface area contributed by atoms with Gasteiger partial charge in [0.15, 0.2) is 5.96 Å². The highest BCUT2D eigenvalue weighted by Crippen LogP contribution is 2.09. The number of ether oxygens (including phenoxy) is 1. The Morgan fingerprint density at radius 2 is 2.05 bits per heavy atom. The standard InChI is InChI=1S/C15H23N3O/c1-4-10-17-15(16-3)18-11-13-8-6-7-9-14(13)12-19-5-2/h4,6-9H,1,5,10-12H2,2-3H3,(H2,16,17,18). The lowest BCUT2D eigenvalue weighted by Crippen LogP contribution is -2.36. The van der Waals surface area contributed by atoms with Crippen LogP contribution in [0.4, 0.5) is 0 Å². The van der Waals surface area contributed by atoms with Crippen LogP contribution in [0, 0.1) is 0 Å². The van der Waals surface area contributed by atoms with Gasteiger partial charge in [0.25, 0.3) is 0 Å². The van der Waals surface area contributed by atoms with Gasteiger partial charge in [-0.2, -0.15) is 0 Å². The van der Waals surface area contributed by atoms with Gasteiger partial charge in [-0.3, -0.25) is 4.99 Å². The Balaban J connectivity index is 2.58. The Kier molecular flexibility index (Phi) is 7.35. The van der Waals surface area contributed by atoms with E-state index in [1.165, 1.54) is 11.1 Å². The van der Waals surface area contributed by atoms with Crippen molar-refractivity contribution >= 4 is 5.96 Å². The summed E-state index contributed by atoms with van der Waals surface area (Å²) in [5.41, 5.74) is 2.42. The van der Waals surface area contributed by atoms with E-state index in [2.05, 4.69) is 34.3 Å². The number of aliphatic imine (C=N–C) groups is 1. The Morgan fingerprint density at radius 1 is 1.32 bits per heavy atom. The van der Waals surface area contributed by atoms with E-state index in [1.807, 2.05) is 19.1 Å². The van der Waals surface area contributed by atoms with E-state index >= 15 is 0 Å². The summed E-state index contributed by atoms with van der Waals surface area (Å²) >= 11 is 0. The molecule has 0 saturated carbocycles. The predicted octanol–water partition coefficient (Wildman–Crippen LogP) is 2.07. The largest absolute Gasteiger partial charge is 0.377 e. The molecule has 0 aliphatic rings. The summed E-state index contributed by atoms with van der Waals surface area (Å²) in [5.74, 6) is 0.770. The number of rotatable bonds is 7. The van der Waals surface area contributed by atoms with E-state index < -0.39 is 0 Å². The smallest absolute Gasteiger partial charge is 0.191 e. The minimum atomic E-state index is 0.646. The SMILES string of the molecule is C=CCNC(=NC)NCc1ccccc1COCC. The molecule has 0 heterocycles. The van der Waals surface area contributed by atoms with Gasteiger partial charge in [-0.15, -0.1) is 6.58 Å². The molecule has 19 heavy (non-hydrogen) atoms. The van der Waals surface area contributed by atoms with Crippen LogP contribution in [0.5, 0.6) is 0 Å². The second-order valence-electron chi connectivity index (χ2n) is 4.00. The van der Waals surface area contributed by atoms with Crippen molar-refractivity contribution in [1.29, 1.82) is 0 Å². The Morgan fingerprint density at radius 3 is 2.68 bits per heavy atom. The van der Waals surface area contributed by atoms with E-state index in [0.29, 0.717) is 13.2 Å². The molecule has 0 saturated heterocycles. The van der Waals surface area contributed by atoms with Crippen LogP contribution in [-0.2, 0) is 17.9 Å². The lowest BCUT2D eigenvalue weighted by atomic mass is 10.1. The fourth-order valence-electron chi connectivity index (χ4n) is 1.65. The number of nitrogens with one attached hydrogen (secondary N) is 2. The highest BCUT2D eigenvalue weighted by atomic mass is 16.5. The molecule has 0 amide bonds. The first-order chi connectivity index (χ1) is 9.31.